The van der Waals surface area contributed by atoms with Crippen molar-refractivity contribution in [2.45, 2.75) is 51.0 Å². The molecule has 2 aliphatic heterocycles. The average Bonchev–Trinajstić information content (AvgIpc) is 2.84. The highest BCUT2D eigenvalue weighted by Crippen LogP contribution is 2.46. The van der Waals surface area contributed by atoms with E-state index in [0.29, 0.717) is 11.5 Å². The molecule has 0 aromatic rings. The Balaban J connectivity index is 1.63. The second-order valence-corrected chi connectivity index (χ2v) is 5.79. The fraction of sp³-hybridized carbons (Fsp3) is 1.00. The monoisotopic (exact) mass is 209 g/mol. The summed E-state index contributed by atoms with van der Waals surface area (Å²) in [4.78, 5) is 0. The highest BCUT2D eigenvalue weighted by molar-refractivity contribution is 5.00. The molecule has 1 saturated carbocycles. The minimum Gasteiger partial charge on any atom is -0.378 e. The predicted octanol–water partition coefficient (Wildman–Crippen LogP) is 2.34. The van der Waals surface area contributed by atoms with Gasteiger partial charge in [-0.3, -0.25) is 0 Å². The molecule has 3 fully saturated rings. The van der Waals surface area contributed by atoms with Gasteiger partial charge in [-0.1, -0.05) is 12.8 Å². The van der Waals surface area contributed by atoms with Gasteiger partial charge in [0.2, 0.25) is 0 Å². The zero-order chi connectivity index (χ0) is 10.1. The Bertz CT molecular complexity index is 213. The second-order valence-electron chi connectivity index (χ2n) is 5.79. The molecule has 0 aromatic heterocycles. The number of rotatable bonds is 3. The molecule has 2 heterocycles. The molecule has 1 unspecified atom stereocenters. The highest BCUT2D eigenvalue weighted by Gasteiger charge is 2.46. The molecule has 1 N–H and O–H groups in total. The van der Waals surface area contributed by atoms with Crippen molar-refractivity contribution in [2.75, 3.05) is 19.7 Å². The van der Waals surface area contributed by atoms with Crippen LogP contribution in [0.4, 0.5) is 0 Å². The zero-order valence-electron chi connectivity index (χ0n) is 9.63. The van der Waals surface area contributed by atoms with Crippen LogP contribution in [0.15, 0.2) is 0 Å². The summed E-state index contributed by atoms with van der Waals surface area (Å²) in [6.45, 7) is 3.54. The van der Waals surface area contributed by atoms with Gasteiger partial charge in [0.25, 0.3) is 0 Å². The van der Waals surface area contributed by atoms with Gasteiger partial charge in [0.15, 0.2) is 0 Å². The van der Waals surface area contributed by atoms with Gasteiger partial charge < -0.3 is 10.1 Å². The van der Waals surface area contributed by atoms with Crippen molar-refractivity contribution in [3.8, 4) is 0 Å². The standard InChI is InChI=1S/C13H23NO/c1-2-5-11(4-1)13(9-14-10-13)8-12-6-3-7-15-12/h11-12,14H,1-10H2. The van der Waals surface area contributed by atoms with Crippen LogP contribution >= 0.6 is 0 Å². The Hall–Kier alpha value is -0.0800. The Morgan fingerprint density at radius 2 is 1.87 bits per heavy atom. The Morgan fingerprint density at radius 3 is 2.40 bits per heavy atom. The third-order valence-electron chi connectivity index (χ3n) is 4.83. The van der Waals surface area contributed by atoms with Gasteiger partial charge in [-0.15, -0.1) is 0 Å². The van der Waals surface area contributed by atoms with E-state index in [-0.39, 0.29) is 0 Å². The van der Waals surface area contributed by atoms with E-state index in [4.69, 9.17) is 4.74 Å². The number of hydrogen-bond donors (Lipinski definition) is 1. The lowest BCUT2D eigenvalue weighted by molar-refractivity contribution is -0.0000911. The average molecular weight is 209 g/mol. The maximum Gasteiger partial charge on any atom is 0.0582 e. The van der Waals surface area contributed by atoms with E-state index < -0.39 is 0 Å². The fourth-order valence-corrected chi connectivity index (χ4v) is 3.84. The SMILES string of the molecule is C1COC(CC2(C3CCCC3)CNC2)C1. The first kappa shape index (κ1) is 10.1. The summed E-state index contributed by atoms with van der Waals surface area (Å²) in [5, 5.41) is 3.50. The van der Waals surface area contributed by atoms with Crippen LogP contribution in [0.3, 0.4) is 0 Å². The van der Waals surface area contributed by atoms with E-state index in [1.165, 1.54) is 58.0 Å². The summed E-state index contributed by atoms with van der Waals surface area (Å²) in [5.41, 5.74) is 0.630. The van der Waals surface area contributed by atoms with Gasteiger partial charge in [-0.25, -0.2) is 0 Å². The van der Waals surface area contributed by atoms with Gasteiger partial charge in [0, 0.05) is 25.1 Å². The van der Waals surface area contributed by atoms with Crippen LogP contribution in [0.2, 0.25) is 0 Å². The molecular weight excluding hydrogens is 186 g/mol. The van der Waals surface area contributed by atoms with E-state index in [1.807, 2.05) is 0 Å². The molecule has 0 radical (unpaired) electrons. The molecular formula is C13H23NO. The minimum absolute atomic E-state index is 0.590. The van der Waals surface area contributed by atoms with Crippen molar-refractivity contribution in [2.24, 2.45) is 11.3 Å². The molecule has 1 atom stereocenters. The van der Waals surface area contributed by atoms with Crippen LogP contribution in [-0.2, 0) is 4.74 Å². The molecule has 0 spiro atoms. The normalized spacial score (nSPS) is 35.6. The quantitative estimate of drug-likeness (QED) is 0.770. The molecule has 0 bridgehead atoms. The van der Waals surface area contributed by atoms with Crippen molar-refractivity contribution in [3.05, 3.63) is 0 Å². The predicted molar refractivity (Wildman–Crippen MR) is 60.9 cm³/mol. The molecule has 3 rings (SSSR count). The van der Waals surface area contributed by atoms with Gasteiger partial charge in [0.1, 0.15) is 0 Å². The van der Waals surface area contributed by atoms with Crippen LogP contribution in [0.1, 0.15) is 44.9 Å². The van der Waals surface area contributed by atoms with E-state index >= 15 is 0 Å². The van der Waals surface area contributed by atoms with Gasteiger partial charge in [-0.2, -0.15) is 0 Å². The van der Waals surface area contributed by atoms with Crippen LogP contribution in [0.5, 0.6) is 0 Å². The summed E-state index contributed by atoms with van der Waals surface area (Å²) in [7, 11) is 0. The van der Waals surface area contributed by atoms with Crippen LogP contribution in [-0.4, -0.2) is 25.8 Å². The first-order chi connectivity index (χ1) is 7.39. The lowest BCUT2D eigenvalue weighted by Gasteiger charge is -2.48. The summed E-state index contributed by atoms with van der Waals surface area (Å²) in [6, 6.07) is 0. The van der Waals surface area contributed by atoms with Crippen molar-refractivity contribution in [1.82, 2.24) is 5.32 Å². The Kier molecular flexibility index (Phi) is 2.73. The van der Waals surface area contributed by atoms with E-state index in [9.17, 15) is 0 Å². The Morgan fingerprint density at radius 1 is 1.07 bits per heavy atom. The van der Waals surface area contributed by atoms with Crippen molar-refractivity contribution in [3.63, 3.8) is 0 Å². The molecule has 2 saturated heterocycles. The summed E-state index contributed by atoms with van der Waals surface area (Å²) in [5.74, 6) is 1.00. The molecule has 3 aliphatic rings. The number of ether oxygens (including phenoxy) is 1. The highest BCUT2D eigenvalue weighted by atomic mass is 16.5. The van der Waals surface area contributed by atoms with Gasteiger partial charge in [-0.05, 0) is 38.0 Å². The molecule has 15 heavy (non-hydrogen) atoms. The van der Waals surface area contributed by atoms with Crippen LogP contribution < -0.4 is 5.32 Å². The molecule has 2 nitrogen and oxygen atoms in total. The third-order valence-corrected chi connectivity index (χ3v) is 4.83. The van der Waals surface area contributed by atoms with Crippen molar-refractivity contribution < 1.29 is 4.74 Å². The molecule has 2 heteroatoms. The van der Waals surface area contributed by atoms with Crippen molar-refractivity contribution in [1.29, 1.82) is 0 Å². The molecule has 86 valence electrons. The summed E-state index contributed by atoms with van der Waals surface area (Å²) in [6.07, 6.45) is 10.4. The van der Waals surface area contributed by atoms with Crippen LogP contribution in [0, 0.1) is 11.3 Å². The maximum absolute atomic E-state index is 5.82. The molecule has 0 amide bonds. The fourth-order valence-electron chi connectivity index (χ4n) is 3.84. The zero-order valence-corrected chi connectivity index (χ0v) is 9.63. The van der Waals surface area contributed by atoms with Crippen LogP contribution in [0.25, 0.3) is 0 Å². The van der Waals surface area contributed by atoms with E-state index in [1.54, 1.807) is 0 Å². The lowest BCUT2D eigenvalue weighted by atomic mass is 9.66. The molecule has 0 aromatic carbocycles. The third kappa shape index (κ3) is 1.83. The minimum atomic E-state index is 0.590. The van der Waals surface area contributed by atoms with Gasteiger partial charge >= 0.3 is 0 Å². The number of hydrogen-bond acceptors (Lipinski definition) is 2. The van der Waals surface area contributed by atoms with Crippen molar-refractivity contribution >= 4 is 0 Å². The lowest BCUT2D eigenvalue weighted by Crippen LogP contribution is -2.58. The van der Waals surface area contributed by atoms with Gasteiger partial charge in [0.05, 0.1) is 6.10 Å². The summed E-state index contributed by atoms with van der Waals surface area (Å²) >= 11 is 0. The molecule has 1 aliphatic carbocycles. The Labute approximate surface area is 92.8 Å². The first-order valence-electron chi connectivity index (χ1n) is 6.71. The van der Waals surface area contributed by atoms with E-state index in [2.05, 4.69) is 5.32 Å². The first-order valence-corrected chi connectivity index (χ1v) is 6.71. The number of nitrogens with one attached hydrogen (secondary N) is 1. The maximum atomic E-state index is 5.82. The smallest absolute Gasteiger partial charge is 0.0582 e. The topological polar surface area (TPSA) is 21.3 Å². The van der Waals surface area contributed by atoms with E-state index in [0.717, 1.165) is 12.5 Å². The second kappa shape index (κ2) is 4.06. The largest absolute Gasteiger partial charge is 0.378 e. The summed E-state index contributed by atoms with van der Waals surface area (Å²) < 4.78 is 5.82.